The highest BCUT2D eigenvalue weighted by molar-refractivity contribution is 5.94. The monoisotopic (exact) mass is 246 g/mol. The van der Waals surface area contributed by atoms with Gasteiger partial charge in [-0.2, -0.15) is 0 Å². The summed E-state index contributed by atoms with van der Waals surface area (Å²) in [6.07, 6.45) is 2.22. The van der Waals surface area contributed by atoms with E-state index in [1.807, 2.05) is 17.0 Å². The van der Waals surface area contributed by atoms with Gasteiger partial charge in [0.05, 0.1) is 0 Å². The van der Waals surface area contributed by atoms with Crippen molar-refractivity contribution in [2.75, 3.05) is 19.6 Å². The maximum atomic E-state index is 12.4. The number of hydrogen-bond acceptors (Lipinski definition) is 2. The van der Waals surface area contributed by atoms with Crippen molar-refractivity contribution >= 4 is 5.91 Å². The molecule has 3 heteroatoms. The first-order chi connectivity index (χ1) is 8.72. The minimum Gasteiger partial charge on any atom is -0.333 e. The Balaban J connectivity index is 2.08. The van der Waals surface area contributed by atoms with Gasteiger partial charge in [0, 0.05) is 31.2 Å². The van der Waals surface area contributed by atoms with Gasteiger partial charge < -0.3 is 10.2 Å². The predicted octanol–water partition coefficient (Wildman–Crippen LogP) is 2.07. The van der Waals surface area contributed by atoms with Gasteiger partial charge in [-0.25, -0.2) is 0 Å². The lowest BCUT2D eigenvalue weighted by Crippen LogP contribution is -2.52. The average molecular weight is 246 g/mol. The lowest BCUT2D eigenvalue weighted by atomic mass is 10.1. The minimum atomic E-state index is 0.159. The van der Waals surface area contributed by atoms with E-state index in [2.05, 4.69) is 31.3 Å². The van der Waals surface area contributed by atoms with Crippen molar-refractivity contribution in [1.29, 1.82) is 0 Å². The molecule has 1 aromatic rings. The molecular formula is C15H22N2O. The van der Waals surface area contributed by atoms with Gasteiger partial charge in [-0.15, -0.1) is 0 Å². The van der Waals surface area contributed by atoms with E-state index < -0.39 is 0 Å². The Labute approximate surface area is 109 Å². The van der Waals surface area contributed by atoms with Crippen molar-refractivity contribution < 1.29 is 4.79 Å². The van der Waals surface area contributed by atoms with Crippen LogP contribution < -0.4 is 5.32 Å². The van der Waals surface area contributed by atoms with E-state index in [0.29, 0.717) is 0 Å². The van der Waals surface area contributed by atoms with Crippen LogP contribution in [0.3, 0.4) is 0 Å². The molecule has 0 aromatic heterocycles. The Bertz CT molecular complexity index is 399. The fraction of sp³-hybridized carbons (Fsp3) is 0.533. The van der Waals surface area contributed by atoms with Crippen LogP contribution in [0.15, 0.2) is 24.3 Å². The third-order valence-corrected chi connectivity index (χ3v) is 3.50. The average Bonchev–Trinajstić information content (AvgIpc) is 2.40. The molecule has 0 aliphatic carbocycles. The summed E-state index contributed by atoms with van der Waals surface area (Å²) in [5, 5.41) is 3.30. The predicted molar refractivity (Wildman–Crippen MR) is 73.8 cm³/mol. The molecule has 1 atom stereocenters. The van der Waals surface area contributed by atoms with Crippen molar-refractivity contribution in [2.24, 2.45) is 0 Å². The van der Waals surface area contributed by atoms with Gasteiger partial charge in [-0.05, 0) is 31.0 Å². The van der Waals surface area contributed by atoms with E-state index in [0.717, 1.165) is 38.0 Å². The van der Waals surface area contributed by atoms with Crippen LogP contribution in [-0.4, -0.2) is 36.5 Å². The fourth-order valence-electron chi connectivity index (χ4n) is 2.41. The number of carbonyl (C=O) groups excluding carboxylic acids is 1. The smallest absolute Gasteiger partial charge is 0.254 e. The maximum absolute atomic E-state index is 12.4. The van der Waals surface area contributed by atoms with Crippen molar-refractivity contribution in [2.45, 2.75) is 32.7 Å². The Hall–Kier alpha value is -1.35. The van der Waals surface area contributed by atoms with Crippen LogP contribution in [-0.2, 0) is 6.42 Å². The highest BCUT2D eigenvalue weighted by Crippen LogP contribution is 2.12. The van der Waals surface area contributed by atoms with E-state index >= 15 is 0 Å². The van der Waals surface area contributed by atoms with Crippen LogP contribution >= 0.6 is 0 Å². The SMILES string of the molecule is CCCc1ccc(C(=O)N2CCNC[C@@H]2C)cc1. The molecule has 0 radical (unpaired) electrons. The highest BCUT2D eigenvalue weighted by Gasteiger charge is 2.23. The summed E-state index contributed by atoms with van der Waals surface area (Å²) in [4.78, 5) is 14.3. The van der Waals surface area contributed by atoms with Crippen LogP contribution in [0.1, 0.15) is 36.2 Å². The van der Waals surface area contributed by atoms with Crippen LogP contribution in [0.25, 0.3) is 0 Å². The van der Waals surface area contributed by atoms with Crippen LogP contribution in [0.5, 0.6) is 0 Å². The first kappa shape index (κ1) is 13.1. The molecule has 1 saturated heterocycles. The number of carbonyl (C=O) groups is 1. The normalized spacial score (nSPS) is 19.9. The van der Waals surface area contributed by atoms with Crippen molar-refractivity contribution in [3.63, 3.8) is 0 Å². The number of amides is 1. The summed E-state index contributed by atoms with van der Waals surface area (Å²) in [5.41, 5.74) is 2.12. The van der Waals surface area contributed by atoms with Gasteiger partial charge in [-0.1, -0.05) is 25.5 Å². The molecule has 1 aliphatic rings. The van der Waals surface area contributed by atoms with Crippen LogP contribution in [0, 0.1) is 0 Å². The third kappa shape index (κ3) is 2.91. The maximum Gasteiger partial charge on any atom is 0.254 e. The lowest BCUT2D eigenvalue weighted by Gasteiger charge is -2.34. The zero-order chi connectivity index (χ0) is 13.0. The molecular weight excluding hydrogens is 224 g/mol. The van der Waals surface area contributed by atoms with Gasteiger partial charge in [0.2, 0.25) is 0 Å². The number of nitrogens with one attached hydrogen (secondary N) is 1. The molecule has 1 aromatic carbocycles. The van der Waals surface area contributed by atoms with Gasteiger partial charge in [0.15, 0.2) is 0 Å². The molecule has 0 saturated carbocycles. The molecule has 98 valence electrons. The van der Waals surface area contributed by atoms with E-state index in [1.54, 1.807) is 0 Å². The second-order valence-electron chi connectivity index (χ2n) is 5.00. The second kappa shape index (κ2) is 6.01. The number of benzene rings is 1. The lowest BCUT2D eigenvalue weighted by molar-refractivity contribution is 0.0656. The zero-order valence-corrected chi connectivity index (χ0v) is 11.3. The van der Waals surface area contributed by atoms with E-state index in [1.165, 1.54) is 5.56 Å². The van der Waals surface area contributed by atoms with E-state index in [4.69, 9.17) is 0 Å². The molecule has 1 fully saturated rings. The first-order valence-electron chi connectivity index (χ1n) is 6.83. The van der Waals surface area contributed by atoms with Gasteiger partial charge >= 0.3 is 0 Å². The molecule has 0 unspecified atom stereocenters. The number of rotatable bonds is 3. The summed E-state index contributed by atoms with van der Waals surface area (Å²) in [7, 11) is 0. The van der Waals surface area contributed by atoms with Gasteiger partial charge in [-0.3, -0.25) is 4.79 Å². The van der Waals surface area contributed by atoms with Crippen molar-refractivity contribution in [1.82, 2.24) is 10.2 Å². The van der Waals surface area contributed by atoms with E-state index in [9.17, 15) is 4.79 Å². The van der Waals surface area contributed by atoms with Crippen LogP contribution in [0.2, 0.25) is 0 Å². The largest absolute Gasteiger partial charge is 0.333 e. The van der Waals surface area contributed by atoms with E-state index in [-0.39, 0.29) is 11.9 Å². The molecule has 18 heavy (non-hydrogen) atoms. The Morgan fingerprint density at radius 1 is 1.39 bits per heavy atom. The number of nitrogens with zero attached hydrogens (tertiary/aromatic N) is 1. The molecule has 1 aliphatic heterocycles. The summed E-state index contributed by atoms with van der Waals surface area (Å²) < 4.78 is 0. The summed E-state index contributed by atoms with van der Waals surface area (Å²) in [6.45, 7) is 6.84. The summed E-state index contributed by atoms with van der Waals surface area (Å²) in [5.74, 6) is 0.159. The quantitative estimate of drug-likeness (QED) is 0.885. The highest BCUT2D eigenvalue weighted by atomic mass is 16.2. The molecule has 2 rings (SSSR count). The summed E-state index contributed by atoms with van der Waals surface area (Å²) in [6, 6.07) is 8.35. The number of aryl methyl sites for hydroxylation is 1. The minimum absolute atomic E-state index is 0.159. The molecule has 3 nitrogen and oxygen atoms in total. The van der Waals surface area contributed by atoms with Gasteiger partial charge in [0.1, 0.15) is 0 Å². The standard InChI is InChI=1S/C15H22N2O/c1-3-4-13-5-7-14(8-6-13)15(18)17-10-9-16-11-12(17)2/h5-8,12,16H,3-4,9-11H2,1-2H3/t12-/m0/s1. The Morgan fingerprint density at radius 2 is 2.11 bits per heavy atom. The number of piperazine rings is 1. The number of hydrogen-bond donors (Lipinski definition) is 1. The van der Waals surface area contributed by atoms with Crippen molar-refractivity contribution in [3.8, 4) is 0 Å². The van der Waals surface area contributed by atoms with Crippen LogP contribution in [0.4, 0.5) is 0 Å². The topological polar surface area (TPSA) is 32.3 Å². The third-order valence-electron chi connectivity index (χ3n) is 3.50. The van der Waals surface area contributed by atoms with Gasteiger partial charge in [0.25, 0.3) is 5.91 Å². The summed E-state index contributed by atoms with van der Waals surface area (Å²) >= 11 is 0. The van der Waals surface area contributed by atoms with Crippen molar-refractivity contribution in [3.05, 3.63) is 35.4 Å². The molecule has 1 N–H and O–H groups in total. The molecule has 0 spiro atoms. The zero-order valence-electron chi connectivity index (χ0n) is 11.3. The second-order valence-corrected chi connectivity index (χ2v) is 5.00. The fourth-order valence-corrected chi connectivity index (χ4v) is 2.41. The molecule has 1 amide bonds. The molecule has 0 bridgehead atoms. The first-order valence-corrected chi connectivity index (χ1v) is 6.83. The Kier molecular flexibility index (Phi) is 4.37. The Morgan fingerprint density at radius 3 is 2.72 bits per heavy atom. The molecule has 1 heterocycles.